The number of carbonyl (C=O) groups excluding carboxylic acids is 1. The summed E-state index contributed by atoms with van der Waals surface area (Å²) in [6, 6.07) is 5.87. The summed E-state index contributed by atoms with van der Waals surface area (Å²) in [6.07, 6.45) is 0. The summed E-state index contributed by atoms with van der Waals surface area (Å²) in [5, 5.41) is 8.93. The number of aryl methyl sites for hydroxylation is 1. The Kier molecular flexibility index (Phi) is 5.39. The van der Waals surface area contributed by atoms with Crippen LogP contribution in [0.2, 0.25) is 0 Å². The molecule has 0 aromatic heterocycles. The molecule has 0 amide bonds. The number of nitrogens with two attached hydrogens (primary N) is 1. The normalized spacial score (nSPS) is 11.6. The molecule has 0 aliphatic heterocycles. The maximum absolute atomic E-state index is 11.8. The zero-order chi connectivity index (χ0) is 15.3. The monoisotopic (exact) mass is 275 g/mol. The van der Waals surface area contributed by atoms with Crippen LogP contribution in [-0.2, 0) is 4.74 Å². The molecule has 108 valence electrons. The lowest BCUT2D eigenvalue weighted by Gasteiger charge is -2.25. The van der Waals surface area contributed by atoms with Crippen molar-refractivity contribution >= 4 is 17.3 Å². The average Bonchev–Trinajstić information content (AvgIpc) is 2.46. The van der Waals surface area contributed by atoms with Crippen LogP contribution in [0.15, 0.2) is 12.1 Å². The maximum atomic E-state index is 11.8. The highest BCUT2D eigenvalue weighted by Gasteiger charge is 2.17. The van der Waals surface area contributed by atoms with Crippen molar-refractivity contribution in [2.75, 3.05) is 30.8 Å². The van der Waals surface area contributed by atoms with Gasteiger partial charge in [-0.2, -0.15) is 5.26 Å². The summed E-state index contributed by atoms with van der Waals surface area (Å²) < 4.78 is 4.75. The third kappa shape index (κ3) is 3.41. The largest absolute Gasteiger partial charge is 0.465 e. The van der Waals surface area contributed by atoms with Crippen molar-refractivity contribution in [3.05, 3.63) is 23.3 Å². The third-order valence-electron chi connectivity index (χ3n) is 3.24. The summed E-state index contributed by atoms with van der Waals surface area (Å²) in [7, 11) is 1.33. The zero-order valence-electron chi connectivity index (χ0n) is 12.4. The van der Waals surface area contributed by atoms with Crippen LogP contribution in [0.5, 0.6) is 0 Å². The van der Waals surface area contributed by atoms with Crippen molar-refractivity contribution < 1.29 is 9.53 Å². The number of rotatable bonds is 5. The van der Waals surface area contributed by atoms with Gasteiger partial charge in [-0.05, 0) is 38.5 Å². The quantitative estimate of drug-likeness (QED) is 0.659. The third-order valence-corrected chi connectivity index (χ3v) is 3.24. The van der Waals surface area contributed by atoms with Gasteiger partial charge >= 0.3 is 5.97 Å². The van der Waals surface area contributed by atoms with Crippen molar-refractivity contribution in [1.29, 1.82) is 5.26 Å². The highest BCUT2D eigenvalue weighted by molar-refractivity contribution is 5.97. The number of ether oxygens (including phenoxy) is 1. The number of carbonyl (C=O) groups is 1. The van der Waals surface area contributed by atoms with Gasteiger partial charge in [-0.15, -0.1) is 0 Å². The van der Waals surface area contributed by atoms with Gasteiger partial charge in [0.05, 0.1) is 24.7 Å². The lowest BCUT2D eigenvalue weighted by molar-refractivity contribution is 0.0602. The molecule has 0 spiro atoms. The van der Waals surface area contributed by atoms with E-state index in [0.717, 1.165) is 17.8 Å². The van der Waals surface area contributed by atoms with Gasteiger partial charge in [0.1, 0.15) is 0 Å². The summed E-state index contributed by atoms with van der Waals surface area (Å²) >= 11 is 0. The average molecular weight is 275 g/mol. The summed E-state index contributed by atoms with van der Waals surface area (Å²) in [5.74, 6) is -0.536. The molecule has 0 radical (unpaired) electrons. The molecule has 1 atom stereocenters. The molecule has 0 bridgehead atoms. The number of methoxy groups -OCH3 is 1. The van der Waals surface area contributed by atoms with E-state index in [-0.39, 0.29) is 5.92 Å². The number of anilines is 2. The fourth-order valence-corrected chi connectivity index (χ4v) is 2.03. The van der Waals surface area contributed by atoms with Crippen molar-refractivity contribution in [2.45, 2.75) is 20.8 Å². The number of nitrogens with zero attached hydrogens (tertiary/aromatic N) is 2. The molecular weight excluding hydrogens is 254 g/mol. The first-order valence-electron chi connectivity index (χ1n) is 6.57. The molecule has 1 aromatic carbocycles. The zero-order valence-corrected chi connectivity index (χ0v) is 12.4. The molecule has 1 unspecified atom stereocenters. The van der Waals surface area contributed by atoms with Gasteiger partial charge in [-0.1, -0.05) is 0 Å². The minimum atomic E-state index is -0.447. The van der Waals surface area contributed by atoms with Crippen LogP contribution in [-0.4, -0.2) is 26.2 Å². The Balaban J connectivity index is 3.21. The molecule has 0 saturated carbocycles. The predicted molar refractivity (Wildman–Crippen MR) is 79.6 cm³/mol. The van der Waals surface area contributed by atoms with E-state index in [2.05, 4.69) is 6.07 Å². The minimum absolute atomic E-state index is 0.0885. The van der Waals surface area contributed by atoms with E-state index < -0.39 is 5.97 Å². The summed E-state index contributed by atoms with van der Waals surface area (Å²) in [4.78, 5) is 13.8. The lowest BCUT2D eigenvalue weighted by atomic mass is 10.1. The van der Waals surface area contributed by atoms with Gasteiger partial charge in [0, 0.05) is 24.5 Å². The van der Waals surface area contributed by atoms with Crippen LogP contribution in [0.4, 0.5) is 11.4 Å². The molecule has 0 fully saturated rings. The number of hydrogen-bond donors (Lipinski definition) is 1. The lowest BCUT2D eigenvalue weighted by Crippen LogP contribution is -2.28. The Morgan fingerprint density at radius 2 is 2.20 bits per heavy atom. The number of benzene rings is 1. The van der Waals surface area contributed by atoms with Crippen molar-refractivity contribution in [1.82, 2.24) is 0 Å². The first-order valence-corrected chi connectivity index (χ1v) is 6.57. The topological polar surface area (TPSA) is 79.4 Å². The van der Waals surface area contributed by atoms with Crippen LogP contribution < -0.4 is 10.6 Å². The smallest absolute Gasteiger partial charge is 0.340 e. The molecule has 0 aliphatic carbocycles. The number of nitrogen functional groups attached to an aromatic ring is 1. The summed E-state index contributed by atoms with van der Waals surface area (Å²) in [5.41, 5.74) is 8.43. The van der Waals surface area contributed by atoms with E-state index in [1.165, 1.54) is 7.11 Å². The van der Waals surface area contributed by atoms with Gasteiger partial charge < -0.3 is 15.4 Å². The van der Waals surface area contributed by atoms with E-state index in [0.29, 0.717) is 17.8 Å². The van der Waals surface area contributed by atoms with Crippen LogP contribution in [0.1, 0.15) is 29.8 Å². The molecule has 1 aromatic rings. The number of nitriles is 1. The second kappa shape index (κ2) is 6.80. The highest BCUT2D eigenvalue weighted by atomic mass is 16.5. The SMILES string of the molecule is CCN(CC(C)C#N)c1cc(C)c(N)c(C(=O)OC)c1. The van der Waals surface area contributed by atoms with E-state index >= 15 is 0 Å². The van der Waals surface area contributed by atoms with Crippen molar-refractivity contribution in [2.24, 2.45) is 5.92 Å². The molecule has 0 saturated heterocycles. The van der Waals surface area contributed by atoms with E-state index in [4.69, 9.17) is 15.7 Å². The van der Waals surface area contributed by atoms with E-state index in [9.17, 15) is 4.79 Å². The Morgan fingerprint density at radius 1 is 1.55 bits per heavy atom. The molecule has 1 rings (SSSR count). The Hall–Kier alpha value is -2.22. The van der Waals surface area contributed by atoms with E-state index in [1.807, 2.05) is 31.7 Å². The molecule has 0 heterocycles. The Labute approximate surface area is 119 Å². The first-order chi connectivity index (χ1) is 9.44. The molecule has 5 heteroatoms. The van der Waals surface area contributed by atoms with Crippen LogP contribution in [0.25, 0.3) is 0 Å². The van der Waals surface area contributed by atoms with E-state index in [1.54, 1.807) is 6.07 Å². The molecular formula is C15H21N3O2. The maximum Gasteiger partial charge on any atom is 0.340 e. The molecule has 5 nitrogen and oxygen atoms in total. The number of esters is 1. The number of hydrogen-bond acceptors (Lipinski definition) is 5. The fourth-order valence-electron chi connectivity index (χ4n) is 2.03. The van der Waals surface area contributed by atoms with Crippen LogP contribution >= 0.6 is 0 Å². The van der Waals surface area contributed by atoms with Crippen molar-refractivity contribution in [3.8, 4) is 6.07 Å². The highest BCUT2D eigenvalue weighted by Crippen LogP contribution is 2.26. The predicted octanol–water partition coefficient (Wildman–Crippen LogP) is 2.35. The molecule has 0 aliphatic rings. The van der Waals surface area contributed by atoms with Gasteiger partial charge in [0.2, 0.25) is 0 Å². The first kappa shape index (κ1) is 15.8. The fraction of sp³-hybridized carbons (Fsp3) is 0.467. The standard InChI is InChI=1S/C15H21N3O2/c1-5-18(9-10(2)8-16)12-6-11(3)14(17)13(7-12)15(19)20-4/h6-7,10H,5,9,17H2,1-4H3. The Morgan fingerprint density at radius 3 is 2.70 bits per heavy atom. The minimum Gasteiger partial charge on any atom is -0.465 e. The van der Waals surface area contributed by atoms with Gasteiger partial charge in [0.15, 0.2) is 0 Å². The Bertz CT molecular complexity index is 535. The van der Waals surface area contributed by atoms with Crippen LogP contribution in [0, 0.1) is 24.2 Å². The second-order valence-electron chi connectivity index (χ2n) is 4.78. The van der Waals surface area contributed by atoms with Gasteiger partial charge in [-0.3, -0.25) is 0 Å². The van der Waals surface area contributed by atoms with Gasteiger partial charge in [0.25, 0.3) is 0 Å². The van der Waals surface area contributed by atoms with Crippen molar-refractivity contribution in [3.63, 3.8) is 0 Å². The second-order valence-corrected chi connectivity index (χ2v) is 4.78. The summed E-state index contributed by atoms with van der Waals surface area (Å²) in [6.45, 7) is 7.08. The molecule has 2 N–H and O–H groups in total. The van der Waals surface area contributed by atoms with Gasteiger partial charge in [-0.25, -0.2) is 4.79 Å². The molecule has 20 heavy (non-hydrogen) atoms. The van der Waals surface area contributed by atoms with Crippen LogP contribution in [0.3, 0.4) is 0 Å².